The minimum Gasteiger partial charge on any atom is -0.478 e. The van der Waals surface area contributed by atoms with E-state index in [0.717, 1.165) is 0 Å². The van der Waals surface area contributed by atoms with Crippen LogP contribution in [0.4, 0.5) is 0 Å². The Bertz CT molecular complexity index is 769. The Hall–Kier alpha value is -2.76. The number of nitrogens with one attached hydrogen (secondary N) is 1. The molecule has 2 amide bonds. The van der Waals surface area contributed by atoms with Crippen LogP contribution in [0.15, 0.2) is 30.5 Å². The van der Waals surface area contributed by atoms with Gasteiger partial charge in [-0.2, -0.15) is 0 Å². The van der Waals surface area contributed by atoms with E-state index < -0.39 is 11.9 Å². The molecule has 2 heterocycles. The average Bonchev–Trinajstić information content (AvgIpc) is 2.46. The molecule has 1 aromatic heterocycles. The number of imide groups is 1. The summed E-state index contributed by atoms with van der Waals surface area (Å²) in [6, 6.07) is 6.55. The number of pyridine rings is 1. The zero-order valence-electron chi connectivity index (χ0n) is 11.0. The van der Waals surface area contributed by atoms with E-state index in [-0.39, 0.29) is 23.8 Å². The fraction of sp³-hybridized carbons (Fsp3) is 0.200. The Kier molecular flexibility index (Phi) is 3.13. The highest BCUT2D eigenvalue weighted by molar-refractivity contribution is 6.06. The summed E-state index contributed by atoms with van der Waals surface area (Å²) in [6.07, 6.45) is 2.09. The van der Waals surface area contributed by atoms with Crippen LogP contribution < -0.4 is 5.32 Å². The lowest BCUT2D eigenvalue weighted by Gasteiger charge is -2.22. The van der Waals surface area contributed by atoms with Crippen molar-refractivity contribution in [1.82, 2.24) is 10.3 Å². The smallest absolute Gasteiger partial charge is 0.336 e. The minimum atomic E-state index is -1.04. The molecule has 1 unspecified atom stereocenters. The number of carbonyl (C=O) groups excluding carboxylic acids is 2. The van der Waals surface area contributed by atoms with E-state index in [0.29, 0.717) is 22.9 Å². The Morgan fingerprint density at radius 1 is 1.29 bits per heavy atom. The van der Waals surface area contributed by atoms with E-state index in [1.54, 1.807) is 18.2 Å². The lowest BCUT2D eigenvalue weighted by Crippen LogP contribution is -2.39. The highest BCUT2D eigenvalue weighted by atomic mass is 16.4. The molecule has 106 valence electrons. The van der Waals surface area contributed by atoms with Gasteiger partial charge in [-0.25, -0.2) is 4.79 Å². The van der Waals surface area contributed by atoms with Gasteiger partial charge in [0.2, 0.25) is 11.8 Å². The van der Waals surface area contributed by atoms with Gasteiger partial charge in [0, 0.05) is 18.0 Å². The number of hydrogen-bond acceptors (Lipinski definition) is 4. The highest BCUT2D eigenvalue weighted by Crippen LogP contribution is 2.30. The number of piperidine rings is 1. The quantitative estimate of drug-likeness (QED) is 0.814. The maximum absolute atomic E-state index is 12.0. The molecule has 0 bridgehead atoms. The minimum absolute atomic E-state index is 0.147. The van der Waals surface area contributed by atoms with Gasteiger partial charge in [0.1, 0.15) is 0 Å². The van der Waals surface area contributed by atoms with Crippen LogP contribution >= 0.6 is 0 Å². The van der Waals surface area contributed by atoms with Crippen molar-refractivity contribution < 1.29 is 19.5 Å². The van der Waals surface area contributed by atoms with Crippen molar-refractivity contribution in [2.45, 2.75) is 18.8 Å². The number of aromatic carboxylic acids is 1. The number of carboxylic acid groups (broad SMARTS) is 1. The van der Waals surface area contributed by atoms with Crippen molar-refractivity contribution in [3.8, 4) is 0 Å². The van der Waals surface area contributed by atoms with Gasteiger partial charge in [0.25, 0.3) is 0 Å². The standard InChI is InChI=1S/C15H12N2O4/c18-12-5-4-10(14(19)17-12)8-2-1-3-9-11(15(20)21)6-7-16-13(8)9/h1-3,6-7,10H,4-5H2,(H,20,21)(H,17,18,19). The number of fused-ring (bicyclic) bond motifs is 1. The van der Waals surface area contributed by atoms with Crippen molar-refractivity contribution in [3.05, 3.63) is 41.6 Å². The van der Waals surface area contributed by atoms with Crippen LogP contribution in [-0.2, 0) is 9.59 Å². The Morgan fingerprint density at radius 2 is 2.10 bits per heavy atom. The monoisotopic (exact) mass is 284 g/mol. The molecule has 1 aromatic carbocycles. The topological polar surface area (TPSA) is 96.4 Å². The summed E-state index contributed by atoms with van der Waals surface area (Å²) in [4.78, 5) is 38.7. The Labute approximate surface area is 119 Å². The van der Waals surface area contributed by atoms with Gasteiger partial charge in [-0.05, 0) is 18.1 Å². The molecule has 0 radical (unpaired) electrons. The van der Waals surface area contributed by atoms with Crippen LogP contribution in [0, 0.1) is 0 Å². The zero-order valence-corrected chi connectivity index (χ0v) is 11.0. The molecule has 6 heteroatoms. The zero-order chi connectivity index (χ0) is 15.0. The maximum atomic E-state index is 12.0. The lowest BCUT2D eigenvalue weighted by molar-refractivity contribution is -0.134. The molecule has 1 atom stereocenters. The molecule has 0 spiro atoms. The summed E-state index contributed by atoms with van der Waals surface area (Å²) in [7, 11) is 0. The number of nitrogens with zero attached hydrogens (tertiary/aromatic N) is 1. The average molecular weight is 284 g/mol. The van der Waals surface area contributed by atoms with E-state index in [2.05, 4.69) is 10.3 Å². The number of amides is 2. The molecule has 1 aliphatic rings. The number of hydrogen-bond donors (Lipinski definition) is 2. The number of benzene rings is 1. The molecule has 1 saturated heterocycles. The molecule has 1 aliphatic heterocycles. The van der Waals surface area contributed by atoms with Crippen LogP contribution in [-0.4, -0.2) is 27.9 Å². The molecule has 6 nitrogen and oxygen atoms in total. The molecule has 21 heavy (non-hydrogen) atoms. The number of carboxylic acids is 1. The van der Waals surface area contributed by atoms with Crippen LogP contribution in [0.2, 0.25) is 0 Å². The second-order valence-electron chi connectivity index (χ2n) is 4.91. The lowest BCUT2D eigenvalue weighted by atomic mass is 9.88. The van der Waals surface area contributed by atoms with Crippen LogP contribution in [0.1, 0.15) is 34.7 Å². The third-order valence-electron chi connectivity index (χ3n) is 3.65. The predicted octanol–water partition coefficient (Wildman–Crippen LogP) is 1.45. The van der Waals surface area contributed by atoms with Crippen molar-refractivity contribution >= 4 is 28.7 Å². The normalized spacial score (nSPS) is 18.6. The largest absolute Gasteiger partial charge is 0.478 e. The second kappa shape index (κ2) is 4.97. The molecule has 3 rings (SSSR count). The summed E-state index contributed by atoms with van der Waals surface area (Å²) in [5.74, 6) is -2.16. The van der Waals surface area contributed by atoms with E-state index >= 15 is 0 Å². The van der Waals surface area contributed by atoms with Crippen LogP contribution in [0.3, 0.4) is 0 Å². The summed E-state index contributed by atoms with van der Waals surface area (Å²) in [5.41, 5.74) is 1.29. The SMILES string of the molecule is O=C1CCC(c2cccc3c(C(=O)O)ccnc23)C(=O)N1. The maximum Gasteiger partial charge on any atom is 0.336 e. The predicted molar refractivity (Wildman–Crippen MR) is 73.8 cm³/mol. The molecule has 2 N–H and O–H groups in total. The fourth-order valence-electron chi connectivity index (χ4n) is 2.66. The second-order valence-corrected chi connectivity index (χ2v) is 4.91. The molecule has 0 saturated carbocycles. The summed E-state index contributed by atoms with van der Waals surface area (Å²) < 4.78 is 0. The van der Waals surface area contributed by atoms with Crippen molar-refractivity contribution in [3.63, 3.8) is 0 Å². The summed E-state index contributed by atoms with van der Waals surface area (Å²) in [5, 5.41) is 12.0. The van der Waals surface area contributed by atoms with Crippen molar-refractivity contribution in [2.75, 3.05) is 0 Å². The molecule has 2 aromatic rings. The number of carbonyl (C=O) groups is 3. The van der Waals surface area contributed by atoms with Crippen molar-refractivity contribution in [2.24, 2.45) is 0 Å². The Balaban J connectivity index is 2.16. The summed E-state index contributed by atoms with van der Waals surface area (Å²) in [6.45, 7) is 0. The van der Waals surface area contributed by atoms with Crippen LogP contribution in [0.25, 0.3) is 10.9 Å². The third kappa shape index (κ3) is 2.24. The van der Waals surface area contributed by atoms with Gasteiger partial charge >= 0.3 is 5.97 Å². The van der Waals surface area contributed by atoms with E-state index in [1.807, 2.05) is 0 Å². The molecular formula is C15H12N2O4. The number of aromatic nitrogens is 1. The van der Waals surface area contributed by atoms with E-state index in [4.69, 9.17) is 0 Å². The third-order valence-corrected chi connectivity index (χ3v) is 3.65. The van der Waals surface area contributed by atoms with Gasteiger partial charge in [-0.3, -0.25) is 19.9 Å². The first-order valence-electron chi connectivity index (χ1n) is 6.52. The van der Waals surface area contributed by atoms with Gasteiger partial charge in [0.15, 0.2) is 0 Å². The first kappa shape index (κ1) is 13.2. The molecule has 0 aliphatic carbocycles. The van der Waals surface area contributed by atoms with Gasteiger partial charge in [-0.1, -0.05) is 18.2 Å². The molecular weight excluding hydrogens is 272 g/mol. The number of rotatable bonds is 2. The van der Waals surface area contributed by atoms with E-state index in [1.165, 1.54) is 12.3 Å². The fourth-order valence-corrected chi connectivity index (χ4v) is 2.66. The van der Waals surface area contributed by atoms with Crippen LogP contribution in [0.5, 0.6) is 0 Å². The van der Waals surface area contributed by atoms with E-state index in [9.17, 15) is 19.5 Å². The highest BCUT2D eigenvalue weighted by Gasteiger charge is 2.29. The van der Waals surface area contributed by atoms with Gasteiger partial charge in [-0.15, -0.1) is 0 Å². The first-order chi connectivity index (χ1) is 10.1. The molecule has 1 fully saturated rings. The van der Waals surface area contributed by atoms with Gasteiger partial charge < -0.3 is 5.11 Å². The number of para-hydroxylation sites is 1. The van der Waals surface area contributed by atoms with Crippen molar-refractivity contribution in [1.29, 1.82) is 0 Å². The Morgan fingerprint density at radius 3 is 2.81 bits per heavy atom. The summed E-state index contributed by atoms with van der Waals surface area (Å²) >= 11 is 0. The van der Waals surface area contributed by atoms with Gasteiger partial charge in [0.05, 0.1) is 17.0 Å². The first-order valence-corrected chi connectivity index (χ1v) is 6.52.